The van der Waals surface area contributed by atoms with Gasteiger partial charge < -0.3 is 4.74 Å². The average Bonchev–Trinajstić information content (AvgIpc) is 2.63. The van der Waals surface area contributed by atoms with Crippen molar-refractivity contribution in [3.63, 3.8) is 0 Å². The predicted octanol–water partition coefficient (Wildman–Crippen LogP) is 5.18. The molecule has 3 aromatic rings. The zero-order chi connectivity index (χ0) is 17.9. The Bertz CT molecular complexity index is 940. The molecular formula is C21H20O3S. The van der Waals surface area contributed by atoms with Crippen LogP contribution < -0.4 is 4.74 Å². The van der Waals surface area contributed by atoms with Crippen LogP contribution in [0, 0.1) is 6.92 Å². The Morgan fingerprint density at radius 2 is 1.16 bits per heavy atom. The van der Waals surface area contributed by atoms with E-state index >= 15 is 0 Å². The summed E-state index contributed by atoms with van der Waals surface area (Å²) in [7, 11) is -3.51. The highest BCUT2D eigenvalue weighted by atomic mass is 32.2. The summed E-state index contributed by atoms with van der Waals surface area (Å²) in [5.41, 5.74) is 2.27. The monoisotopic (exact) mass is 352 g/mol. The maximum atomic E-state index is 12.6. The molecule has 4 heteroatoms. The third kappa shape index (κ3) is 3.91. The molecule has 128 valence electrons. The van der Waals surface area contributed by atoms with Crippen LogP contribution in [0.2, 0.25) is 0 Å². The van der Waals surface area contributed by atoms with Crippen LogP contribution in [0.4, 0.5) is 0 Å². The van der Waals surface area contributed by atoms with E-state index in [1.807, 2.05) is 31.2 Å². The van der Waals surface area contributed by atoms with Crippen molar-refractivity contribution in [3.05, 3.63) is 83.9 Å². The van der Waals surface area contributed by atoms with Gasteiger partial charge in [0.15, 0.2) is 0 Å². The van der Waals surface area contributed by atoms with Crippen LogP contribution in [0.3, 0.4) is 0 Å². The maximum absolute atomic E-state index is 12.6. The molecular weight excluding hydrogens is 332 g/mol. The van der Waals surface area contributed by atoms with Crippen LogP contribution in [0.25, 0.3) is 0 Å². The van der Waals surface area contributed by atoms with Crippen LogP contribution in [-0.2, 0) is 16.3 Å². The summed E-state index contributed by atoms with van der Waals surface area (Å²) >= 11 is 0. The summed E-state index contributed by atoms with van der Waals surface area (Å²) < 4.78 is 31.1. The lowest BCUT2D eigenvalue weighted by Gasteiger charge is -2.08. The molecule has 0 atom stereocenters. The van der Waals surface area contributed by atoms with E-state index in [9.17, 15) is 8.42 Å². The Labute approximate surface area is 148 Å². The van der Waals surface area contributed by atoms with E-state index in [-0.39, 0.29) is 4.90 Å². The van der Waals surface area contributed by atoms with E-state index in [0.717, 1.165) is 17.7 Å². The van der Waals surface area contributed by atoms with Crippen LogP contribution in [0.15, 0.2) is 82.6 Å². The van der Waals surface area contributed by atoms with Crippen molar-refractivity contribution in [2.45, 2.75) is 30.1 Å². The van der Waals surface area contributed by atoms with Crippen molar-refractivity contribution < 1.29 is 13.2 Å². The number of ether oxygens (including phenoxy) is 1. The molecule has 0 aliphatic carbocycles. The molecule has 0 N–H and O–H groups in total. The molecule has 3 rings (SSSR count). The first-order valence-corrected chi connectivity index (χ1v) is 9.66. The van der Waals surface area contributed by atoms with Gasteiger partial charge in [-0.05, 0) is 67.4 Å². The van der Waals surface area contributed by atoms with Gasteiger partial charge in [-0.2, -0.15) is 0 Å². The second-order valence-corrected chi connectivity index (χ2v) is 7.84. The maximum Gasteiger partial charge on any atom is 0.206 e. The number of benzene rings is 3. The molecule has 0 aliphatic heterocycles. The molecule has 3 aromatic carbocycles. The fourth-order valence-corrected chi connectivity index (χ4v) is 3.73. The van der Waals surface area contributed by atoms with Gasteiger partial charge in [-0.15, -0.1) is 0 Å². The van der Waals surface area contributed by atoms with Gasteiger partial charge in [0.2, 0.25) is 9.84 Å². The van der Waals surface area contributed by atoms with Gasteiger partial charge in [-0.25, -0.2) is 8.42 Å². The molecule has 0 amide bonds. The Balaban J connectivity index is 1.80. The average molecular weight is 352 g/mol. The third-order valence-electron chi connectivity index (χ3n) is 4.03. The van der Waals surface area contributed by atoms with Gasteiger partial charge in [0, 0.05) is 0 Å². The normalized spacial score (nSPS) is 11.3. The molecule has 0 heterocycles. The first-order chi connectivity index (χ1) is 12.0. The number of rotatable bonds is 5. The van der Waals surface area contributed by atoms with Crippen molar-refractivity contribution in [3.8, 4) is 11.5 Å². The van der Waals surface area contributed by atoms with E-state index in [1.165, 1.54) is 5.56 Å². The zero-order valence-corrected chi connectivity index (χ0v) is 15.1. The van der Waals surface area contributed by atoms with E-state index in [4.69, 9.17) is 4.74 Å². The molecule has 0 radical (unpaired) electrons. The van der Waals surface area contributed by atoms with Gasteiger partial charge in [-0.3, -0.25) is 0 Å². The quantitative estimate of drug-likeness (QED) is 0.635. The predicted molar refractivity (Wildman–Crippen MR) is 99.0 cm³/mol. The molecule has 0 saturated heterocycles. The van der Waals surface area contributed by atoms with Gasteiger partial charge in [-0.1, -0.05) is 36.8 Å². The van der Waals surface area contributed by atoms with E-state index in [1.54, 1.807) is 48.5 Å². The molecule has 0 fully saturated rings. The Morgan fingerprint density at radius 3 is 1.64 bits per heavy atom. The smallest absolute Gasteiger partial charge is 0.206 e. The molecule has 0 unspecified atom stereocenters. The highest BCUT2D eigenvalue weighted by Gasteiger charge is 2.17. The first kappa shape index (κ1) is 17.2. The number of hydrogen-bond donors (Lipinski definition) is 0. The van der Waals surface area contributed by atoms with E-state index in [2.05, 4.69) is 6.92 Å². The second kappa shape index (κ2) is 7.11. The molecule has 0 saturated carbocycles. The third-order valence-corrected chi connectivity index (χ3v) is 5.82. The number of sulfone groups is 1. The summed E-state index contributed by atoms with van der Waals surface area (Å²) in [5.74, 6) is 1.33. The Kier molecular flexibility index (Phi) is 4.91. The fraction of sp³-hybridized carbons (Fsp3) is 0.143. The molecule has 0 spiro atoms. The zero-order valence-electron chi connectivity index (χ0n) is 14.3. The Hall–Kier alpha value is -2.59. The van der Waals surface area contributed by atoms with Crippen molar-refractivity contribution >= 4 is 9.84 Å². The number of aryl methyl sites for hydroxylation is 2. The first-order valence-electron chi connectivity index (χ1n) is 8.17. The van der Waals surface area contributed by atoms with E-state index < -0.39 is 9.84 Å². The van der Waals surface area contributed by atoms with Gasteiger partial charge >= 0.3 is 0 Å². The van der Waals surface area contributed by atoms with Gasteiger partial charge in [0.1, 0.15) is 11.5 Å². The summed E-state index contributed by atoms with van der Waals surface area (Å²) in [6, 6.07) is 21.2. The second-order valence-electron chi connectivity index (χ2n) is 5.89. The van der Waals surface area contributed by atoms with Crippen molar-refractivity contribution in [2.75, 3.05) is 0 Å². The fourth-order valence-electron chi connectivity index (χ4n) is 2.47. The summed E-state index contributed by atoms with van der Waals surface area (Å²) in [5, 5.41) is 0. The standard InChI is InChI=1S/C21H20O3S/c1-3-17-6-8-18(9-7-17)24-19-10-14-21(15-11-19)25(22,23)20-12-4-16(2)5-13-20/h4-15H,3H2,1-2H3. The topological polar surface area (TPSA) is 43.4 Å². The minimum Gasteiger partial charge on any atom is -0.457 e. The van der Waals surface area contributed by atoms with E-state index in [0.29, 0.717) is 10.6 Å². The largest absolute Gasteiger partial charge is 0.457 e. The summed E-state index contributed by atoms with van der Waals surface area (Å²) in [4.78, 5) is 0.548. The molecule has 0 aromatic heterocycles. The molecule has 25 heavy (non-hydrogen) atoms. The van der Waals surface area contributed by atoms with Crippen molar-refractivity contribution in [2.24, 2.45) is 0 Å². The highest BCUT2D eigenvalue weighted by molar-refractivity contribution is 7.91. The minimum absolute atomic E-state index is 0.255. The molecule has 0 aliphatic rings. The highest BCUT2D eigenvalue weighted by Crippen LogP contribution is 2.26. The minimum atomic E-state index is -3.51. The molecule has 0 bridgehead atoms. The lowest BCUT2D eigenvalue weighted by atomic mass is 10.2. The van der Waals surface area contributed by atoms with Crippen LogP contribution >= 0.6 is 0 Å². The summed E-state index contributed by atoms with van der Waals surface area (Å²) in [6.45, 7) is 4.03. The van der Waals surface area contributed by atoms with Crippen molar-refractivity contribution in [1.29, 1.82) is 0 Å². The van der Waals surface area contributed by atoms with Crippen LogP contribution in [0.1, 0.15) is 18.1 Å². The van der Waals surface area contributed by atoms with Crippen LogP contribution in [0.5, 0.6) is 11.5 Å². The van der Waals surface area contributed by atoms with Gasteiger partial charge in [0.05, 0.1) is 9.79 Å². The summed E-state index contributed by atoms with van der Waals surface area (Å²) in [6.07, 6.45) is 0.978. The lowest BCUT2D eigenvalue weighted by Crippen LogP contribution is -2.01. The SMILES string of the molecule is CCc1ccc(Oc2ccc(S(=O)(=O)c3ccc(C)cc3)cc2)cc1. The number of hydrogen-bond acceptors (Lipinski definition) is 3. The van der Waals surface area contributed by atoms with Gasteiger partial charge in [0.25, 0.3) is 0 Å². The van der Waals surface area contributed by atoms with Crippen LogP contribution in [-0.4, -0.2) is 8.42 Å². The lowest BCUT2D eigenvalue weighted by molar-refractivity contribution is 0.482. The molecule has 3 nitrogen and oxygen atoms in total. The van der Waals surface area contributed by atoms with Crippen molar-refractivity contribution in [1.82, 2.24) is 0 Å². The Morgan fingerprint density at radius 1 is 0.720 bits per heavy atom.